The van der Waals surface area contributed by atoms with Crippen LogP contribution in [-0.2, 0) is 14.3 Å². The van der Waals surface area contributed by atoms with Crippen LogP contribution in [0.15, 0.2) is 12.2 Å². The Kier molecular flexibility index (Phi) is 9.19. The van der Waals surface area contributed by atoms with Crippen LogP contribution in [0.4, 0.5) is 0 Å². The Morgan fingerprint density at radius 1 is 1.00 bits per heavy atom. The average Bonchev–Trinajstić information content (AvgIpc) is 2.30. The van der Waals surface area contributed by atoms with E-state index in [4.69, 9.17) is 4.74 Å². The normalized spacial score (nSPS) is 12.3. The van der Waals surface area contributed by atoms with Gasteiger partial charge in [0.25, 0.3) is 0 Å². The summed E-state index contributed by atoms with van der Waals surface area (Å²) in [6, 6.07) is 0. The van der Waals surface area contributed by atoms with Gasteiger partial charge in [-0.1, -0.05) is 46.1 Å². The molecule has 1 unspecified atom stereocenters. The summed E-state index contributed by atoms with van der Waals surface area (Å²) in [5.74, 6) is 0.193. The van der Waals surface area contributed by atoms with Crippen molar-refractivity contribution in [1.82, 2.24) is 0 Å². The minimum Gasteiger partial charge on any atom is -0.451 e. The Morgan fingerprint density at radius 2 is 1.53 bits per heavy atom. The zero-order valence-corrected chi connectivity index (χ0v) is 12.8. The van der Waals surface area contributed by atoms with Gasteiger partial charge in [0, 0.05) is 5.57 Å². The molecule has 0 saturated carbocycles. The summed E-state index contributed by atoms with van der Waals surface area (Å²) in [6.07, 6.45) is 5.68. The minimum absolute atomic E-state index is 0.0863. The van der Waals surface area contributed by atoms with Crippen molar-refractivity contribution in [1.29, 1.82) is 0 Å². The van der Waals surface area contributed by atoms with E-state index in [0.717, 1.165) is 18.8 Å². The zero-order valence-electron chi connectivity index (χ0n) is 12.8. The fourth-order valence-electron chi connectivity index (χ4n) is 1.81. The number of ketones is 1. The fourth-order valence-corrected chi connectivity index (χ4v) is 1.81. The number of carbonyl (C=O) groups excluding carboxylic acids is 2. The van der Waals surface area contributed by atoms with E-state index >= 15 is 0 Å². The number of unbranched alkanes of at least 4 members (excludes halogenated alkanes) is 3. The van der Waals surface area contributed by atoms with Gasteiger partial charge in [-0.25, -0.2) is 4.79 Å². The molecule has 0 amide bonds. The maximum atomic E-state index is 11.4. The summed E-state index contributed by atoms with van der Waals surface area (Å²) < 4.78 is 5.13. The van der Waals surface area contributed by atoms with Crippen molar-refractivity contribution in [2.45, 2.75) is 72.3 Å². The first-order valence-corrected chi connectivity index (χ1v) is 7.21. The van der Waals surface area contributed by atoms with E-state index in [0.29, 0.717) is 12.0 Å². The van der Waals surface area contributed by atoms with Crippen molar-refractivity contribution in [3.8, 4) is 0 Å². The van der Waals surface area contributed by atoms with E-state index in [1.54, 1.807) is 6.92 Å². The first kappa shape index (κ1) is 17.9. The topological polar surface area (TPSA) is 43.4 Å². The van der Waals surface area contributed by atoms with Crippen molar-refractivity contribution in [2.75, 3.05) is 0 Å². The first-order valence-electron chi connectivity index (χ1n) is 7.21. The Bertz CT molecular complexity index is 305. The number of hydrogen-bond donors (Lipinski definition) is 0. The summed E-state index contributed by atoms with van der Waals surface area (Å²) in [5.41, 5.74) is 0.336. The van der Waals surface area contributed by atoms with Crippen molar-refractivity contribution in [3.05, 3.63) is 12.2 Å². The molecule has 0 rings (SSSR count). The van der Waals surface area contributed by atoms with Gasteiger partial charge in [-0.3, -0.25) is 4.79 Å². The highest BCUT2D eigenvalue weighted by Gasteiger charge is 2.18. The number of ether oxygens (including phenoxy) is 1. The van der Waals surface area contributed by atoms with E-state index in [1.165, 1.54) is 26.2 Å². The van der Waals surface area contributed by atoms with Crippen LogP contribution in [0.25, 0.3) is 0 Å². The molecule has 0 heterocycles. The molecule has 0 saturated heterocycles. The van der Waals surface area contributed by atoms with Crippen molar-refractivity contribution in [3.63, 3.8) is 0 Å². The molecule has 0 aromatic rings. The average molecular weight is 268 g/mol. The Hall–Kier alpha value is -1.12. The molecule has 3 nitrogen and oxygen atoms in total. The monoisotopic (exact) mass is 268 g/mol. The van der Waals surface area contributed by atoms with E-state index in [1.807, 2.05) is 0 Å². The first-order chi connectivity index (χ1) is 8.84. The van der Waals surface area contributed by atoms with Crippen molar-refractivity contribution >= 4 is 11.8 Å². The molecule has 0 aliphatic rings. The molecule has 0 fully saturated rings. The molecule has 0 radical (unpaired) electrons. The third kappa shape index (κ3) is 9.46. The summed E-state index contributed by atoms with van der Waals surface area (Å²) in [6.45, 7) is 11.0. The summed E-state index contributed by atoms with van der Waals surface area (Å²) in [4.78, 5) is 22.8. The Morgan fingerprint density at radius 3 is 1.95 bits per heavy atom. The molecular weight excluding hydrogens is 240 g/mol. The van der Waals surface area contributed by atoms with Crippen LogP contribution in [0.1, 0.15) is 66.2 Å². The zero-order chi connectivity index (χ0) is 14.8. The molecule has 110 valence electrons. The molecule has 3 heteroatoms. The quantitative estimate of drug-likeness (QED) is 0.341. The van der Waals surface area contributed by atoms with Gasteiger partial charge < -0.3 is 4.74 Å². The molecule has 1 atom stereocenters. The minimum atomic E-state index is -0.603. The van der Waals surface area contributed by atoms with Crippen LogP contribution in [-0.4, -0.2) is 17.9 Å². The third-order valence-electron chi connectivity index (χ3n) is 3.05. The van der Waals surface area contributed by atoms with Crippen LogP contribution in [0.3, 0.4) is 0 Å². The van der Waals surface area contributed by atoms with E-state index < -0.39 is 12.1 Å². The second kappa shape index (κ2) is 9.76. The number of esters is 1. The van der Waals surface area contributed by atoms with Crippen LogP contribution < -0.4 is 0 Å². The van der Waals surface area contributed by atoms with E-state index in [2.05, 4.69) is 20.4 Å². The van der Waals surface area contributed by atoms with Crippen LogP contribution in [0.5, 0.6) is 0 Å². The molecular formula is C16H28O3. The molecule has 0 aliphatic heterocycles. The lowest BCUT2D eigenvalue weighted by Gasteiger charge is -2.15. The number of Topliss-reactive ketones (excluding diaryl/α,β-unsaturated/α-hetero) is 1. The SMILES string of the molecule is C=C(C)C(=O)OC(CCCCCCC(C)C)C(C)=O. The highest BCUT2D eigenvalue weighted by Crippen LogP contribution is 2.13. The van der Waals surface area contributed by atoms with Gasteiger partial charge in [0.05, 0.1) is 0 Å². The maximum absolute atomic E-state index is 11.4. The number of hydrogen-bond acceptors (Lipinski definition) is 3. The van der Waals surface area contributed by atoms with Gasteiger partial charge in [0.2, 0.25) is 0 Å². The number of carbonyl (C=O) groups is 2. The van der Waals surface area contributed by atoms with Gasteiger partial charge >= 0.3 is 5.97 Å². The molecule has 0 aromatic heterocycles. The predicted molar refractivity (Wildman–Crippen MR) is 77.9 cm³/mol. The molecule has 0 bridgehead atoms. The van der Waals surface area contributed by atoms with Crippen molar-refractivity contribution in [2.24, 2.45) is 5.92 Å². The summed E-state index contributed by atoms with van der Waals surface area (Å²) in [5, 5.41) is 0. The van der Waals surface area contributed by atoms with Gasteiger partial charge in [-0.15, -0.1) is 0 Å². The number of rotatable bonds is 10. The molecule has 0 aromatic carbocycles. The van der Waals surface area contributed by atoms with E-state index in [9.17, 15) is 9.59 Å². The van der Waals surface area contributed by atoms with E-state index in [-0.39, 0.29) is 5.78 Å². The highest BCUT2D eigenvalue weighted by molar-refractivity contribution is 5.90. The second-order valence-corrected chi connectivity index (χ2v) is 5.67. The van der Waals surface area contributed by atoms with Crippen LogP contribution >= 0.6 is 0 Å². The lowest BCUT2D eigenvalue weighted by molar-refractivity contribution is -0.151. The van der Waals surface area contributed by atoms with Crippen LogP contribution in [0, 0.1) is 5.92 Å². The fraction of sp³-hybridized carbons (Fsp3) is 0.750. The van der Waals surface area contributed by atoms with Gasteiger partial charge in [0.1, 0.15) is 0 Å². The summed E-state index contributed by atoms with van der Waals surface area (Å²) in [7, 11) is 0. The van der Waals surface area contributed by atoms with Gasteiger partial charge in [0.15, 0.2) is 11.9 Å². The largest absolute Gasteiger partial charge is 0.451 e. The predicted octanol–water partition coefficient (Wildman–Crippen LogP) is 4.06. The van der Waals surface area contributed by atoms with Gasteiger partial charge in [-0.05, 0) is 32.6 Å². The lowest BCUT2D eigenvalue weighted by atomic mass is 10.0. The molecule has 19 heavy (non-hydrogen) atoms. The molecule has 0 N–H and O–H groups in total. The Balaban J connectivity index is 3.87. The maximum Gasteiger partial charge on any atom is 0.333 e. The lowest BCUT2D eigenvalue weighted by Crippen LogP contribution is -2.25. The smallest absolute Gasteiger partial charge is 0.333 e. The standard InChI is InChI=1S/C16H28O3/c1-12(2)10-8-6-7-9-11-15(14(5)17)19-16(18)13(3)4/h12,15H,3,6-11H2,1-2,4-5H3. The third-order valence-corrected chi connectivity index (χ3v) is 3.05. The van der Waals surface area contributed by atoms with Crippen molar-refractivity contribution < 1.29 is 14.3 Å². The molecule has 0 aliphatic carbocycles. The van der Waals surface area contributed by atoms with Crippen LogP contribution in [0.2, 0.25) is 0 Å². The highest BCUT2D eigenvalue weighted by atomic mass is 16.5. The van der Waals surface area contributed by atoms with Gasteiger partial charge in [-0.2, -0.15) is 0 Å². The Labute approximate surface area is 117 Å². The molecule has 0 spiro atoms. The second-order valence-electron chi connectivity index (χ2n) is 5.67. The summed E-state index contributed by atoms with van der Waals surface area (Å²) >= 11 is 0.